The van der Waals surface area contributed by atoms with Crippen LogP contribution in [-0.2, 0) is 34.2 Å². The largest absolute Gasteiger partial charge is 0.481 e. The Balaban J connectivity index is 1.19. The fourth-order valence-corrected chi connectivity index (χ4v) is 9.26. The summed E-state index contributed by atoms with van der Waals surface area (Å²) in [5.74, 6) is 0.749. The van der Waals surface area contributed by atoms with Crippen LogP contribution in [0.25, 0.3) is 67.1 Å². The molecule has 10 heteroatoms. The van der Waals surface area contributed by atoms with Crippen LogP contribution in [0.3, 0.4) is 0 Å². The van der Waals surface area contributed by atoms with Crippen molar-refractivity contribution in [2.45, 2.75) is 64.9 Å². The fourth-order valence-electron chi connectivity index (χ4n) is 8.51. The minimum Gasteiger partial charge on any atom is -0.481 e. The zero-order chi connectivity index (χ0) is 41.6. The topological polar surface area (TPSA) is 119 Å². The lowest BCUT2D eigenvalue weighted by Gasteiger charge is -2.21. The van der Waals surface area contributed by atoms with Crippen molar-refractivity contribution < 1.29 is 18.3 Å². The number of aliphatic carboxylic acids is 1. The SMILES string of the molecule is CCn1c(-c2ccccc2-c2ccc(CC(C)n3c(-c4ccccc4-c4ccc(C)cc4C)nc4cc(S(=O)(=O)NC)ccc43)cc2C)nc2cc(CC(=O)O)ccc21. The van der Waals surface area contributed by atoms with E-state index in [2.05, 4.69) is 109 Å². The molecule has 0 aliphatic carbocycles. The quantitative estimate of drug-likeness (QED) is 0.127. The van der Waals surface area contributed by atoms with Crippen LogP contribution in [0.2, 0.25) is 0 Å². The van der Waals surface area contributed by atoms with Gasteiger partial charge in [0, 0.05) is 23.7 Å². The number of sulfonamides is 1. The van der Waals surface area contributed by atoms with Gasteiger partial charge in [0.2, 0.25) is 10.0 Å². The number of imidazole rings is 2. The molecule has 59 heavy (non-hydrogen) atoms. The standard InChI is InChI=1S/C49H47N5O4S/c1-7-53-45-22-18-35(28-47(55)56)27-43(45)51-48(53)41-14-10-8-12-39(41)38-21-17-34(25-32(38)4)26-33(5)54-46-23-19-36(59(57,58)50-6)29-44(46)52-49(54)42-15-11-9-13-40(42)37-20-16-30(2)24-31(37)3/h8-25,27,29,33,50H,7,26,28H2,1-6H3,(H,55,56). The maximum absolute atomic E-state index is 12.9. The van der Waals surface area contributed by atoms with Crippen molar-refractivity contribution >= 4 is 38.1 Å². The van der Waals surface area contributed by atoms with Gasteiger partial charge in [0.25, 0.3) is 0 Å². The molecule has 0 radical (unpaired) electrons. The Labute approximate surface area is 345 Å². The number of hydrogen-bond acceptors (Lipinski definition) is 5. The Morgan fingerprint density at radius 2 is 1.25 bits per heavy atom. The number of aryl methyl sites for hydroxylation is 4. The highest BCUT2D eigenvalue weighted by Crippen LogP contribution is 2.39. The maximum Gasteiger partial charge on any atom is 0.307 e. The van der Waals surface area contributed by atoms with Gasteiger partial charge < -0.3 is 14.2 Å². The molecule has 0 aliphatic rings. The van der Waals surface area contributed by atoms with Gasteiger partial charge in [-0.3, -0.25) is 4.79 Å². The number of nitrogens with one attached hydrogen (secondary N) is 1. The van der Waals surface area contributed by atoms with E-state index in [0.29, 0.717) is 18.5 Å². The van der Waals surface area contributed by atoms with Crippen molar-refractivity contribution in [2.24, 2.45) is 0 Å². The van der Waals surface area contributed by atoms with Gasteiger partial charge in [0.1, 0.15) is 11.6 Å². The van der Waals surface area contributed by atoms with E-state index in [1.165, 1.54) is 18.2 Å². The third-order valence-electron chi connectivity index (χ3n) is 11.3. The Morgan fingerprint density at radius 3 is 1.88 bits per heavy atom. The molecule has 2 N–H and O–H groups in total. The second-order valence-corrected chi connectivity index (χ2v) is 17.2. The van der Waals surface area contributed by atoms with Crippen molar-refractivity contribution in [3.05, 3.63) is 149 Å². The van der Waals surface area contributed by atoms with Gasteiger partial charge in [-0.15, -0.1) is 0 Å². The number of carboxylic acid groups (broad SMARTS) is 1. The van der Waals surface area contributed by atoms with Crippen LogP contribution in [0.5, 0.6) is 0 Å². The van der Waals surface area contributed by atoms with Gasteiger partial charge in [0.05, 0.1) is 33.4 Å². The van der Waals surface area contributed by atoms with Crippen LogP contribution in [0.15, 0.2) is 126 Å². The lowest BCUT2D eigenvalue weighted by molar-refractivity contribution is -0.136. The minimum absolute atomic E-state index is 0.0499. The van der Waals surface area contributed by atoms with Crippen LogP contribution in [0.1, 0.15) is 47.7 Å². The molecule has 1 unspecified atom stereocenters. The molecule has 0 fully saturated rings. The number of aromatic nitrogens is 4. The number of fused-ring (bicyclic) bond motifs is 2. The molecule has 0 amide bonds. The Kier molecular flexibility index (Phi) is 10.5. The average molecular weight is 802 g/mol. The van der Waals surface area contributed by atoms with Crippen LogP contribution < -0.4 is 4.72 Å². The molecule has 0 bridgehead atoms. The van der Waals surface area contributed by atoms with E-state index in [1.807, 2.05) is 48.5 Å². The number of hydrogen-bond donors (Lipinski definition) is 2. The van der Waals surface area contributed by atoms with Gasteiger partial charge in [-0.2, -0.15) is 0 Å². The second-order valence-electron chi connectivity index (χ2n) is 15.3. The van der Waals surface area contributed by atoms with E-state index >= 15 is 0 Å². The van der Waals surface area contributed by atoms with E-state index in [-0.39, 0.29) is 17.4 Å². The van der Waals surface area contributed by atoms with Crippen molar-refractivity contribution in [1.29, 1.82) is 0 Å². The highest BCUT2D eigenvalue weighted by atomic mass is 32.2. The predicted molar refractivity (Wildman–Crippen MR) is 237 cm³/mol. The first-order valence-corrected chi connectivity index (χ1v) is 21.4. The second kappa shape index (κ2) is 15.8. The monoisotopic (exact) mass is 801 g/mol. The van der Waals surface area contributed by atoms with Gasteiger partial charge >= 0.3 is 5.97 Å². The maximum atomic E-state index is 12.9. The van der Waals surface area contributed by atoms with Gasteiger partial charge in [-0.05, 0) is 123 Å². The number of rotatable bonds is 12. The summed E-state index contributed by atoms with van der Waals surface area (Å²) >= 11 is 0. The summed E-state index contributed by atoms with van der Waals surface area (Å²) in [5, 5.41) is 9.38. The molecule has 2 heterocycles. The normalized spacial score (nSPS) is 12.4. The summed E-state index contributed by atoms with van der Waals surface area (Å²) in [6.45, 7) is 11.4. The molecular weight excluding hydrogens is 755 g/mol. The first-order valence-electron chi connectivity index (χ1n) is 19.9. The number of nitrogens with zero attached hydrogens (tertiary/aromatic N) is 4. The van der Waals surface area contributed by atoms with Crippen LogP contribution in [0.4, 0.5) is 0 Å². The summed E-state index contributed by atoms with van der Waals surface area (Å²) in [4.78, 5) is 21.9. The van der Waals surface area contributed by atoms with E-state index in [0.717, 1.165) is 78.3 Å². The lowest BCUT2D eigenvalue weighted by atomic mass is 9.92. The van der Waals surface area contributed by atoms with Crippen LogP contribution in [0, 0.1) is 20.8 Å². The number of carbonyl (C=O) groups is 1. The molecular formula is C49H47N5O4S. The molecule has 0 saturated carbocycles. The molecule has 8 rings (SSSR count). The average Bonchev–Trinajstić information content (AvgIpc) is 3.79. The van der Waals surface area contributed by atoms with Crippen molar-refractivity contribution in [2.75, 3.05) is 7.05 Å². The lowest BCUT2D eigenvalue weighted by Crippen LogP contribution is -2.18. The summed E-state index contributed by atoms with van der Waals surface area (Å²) in [5.41, 5.74) is 14.9. The van der Waals surface area contributed by atoms with Crippen molar-refractivity contribution in [3.63, 3.8) is 0 Å². The fraction of sp³-hybridized carbons (Fsp3) is 0.204. The molecule has 1 atom stereocenters. The van der Waals surface area contributed by atoms with Crippen molar-refractivity contribution in [1.82, 2.24) is 23.8 Å². The summed E-state index contributed by atoms with van der Waals surface area (Å²) in [7, 11) is -2.26. The van der Waals surface area contributed by atoms with E-state index in [1.54, 1.807) is 12.1 Å². The first-order chi connectivity index (χ1) is 28.4. The number of carboxylic acids is 1. The summed E-state index contributed by atoms with van der Waals surface area (Å²) in [6.07, 6.45) is 0.652. The highest BCUT2D eigenvalue weighted by molar-refractivity contribution is 7.89. The van der Waals surface area contributed by atoms with Gasteiger partial charge in [0.15, 0.2) is 0 Å². The molecule has 0 saturated heterocycles. The van der Waals surface area contributed by atoms with Gasteiger partial charge in [-0.25, -0.2) is 23.1 Å². The number of benzene rings is 6. The molecule has 2 aromatic heterocycles. The summed E-state index contributed by atoms with van der Waals surface area (Å²) in [6, 6.07) is 40.6. The predicted octanol–water partition coefficient (Wildman–Crippen LogP) is 10.3. The zero-order valence-corrected chi connectivity index (χ0v) is 34.9. The Bertz CT molecular complexity index is 3030. The van der Waals surface area contributed by atoms with E-state index in [9.17, 15) is 18.3 Å². The Morgan fingerprint density at radius 1 is 0.678 bits per heavy atom. The van der Waals surface area contributed by atoms with E-state index in [4.69, 9.17) is 9.97 Å². The smallest absolute Gasteiger partial charge is 0.307 e. The molecule has 0 aliphatic heterocycles. The highest BCUT2D eigenvalue weighted by Gasteiger charge is 2.24. The first kappa shape index (κ1) is 39.5. The zero-order valence-electron chi connectivity index (χ0n) is 34.1. The third-order valence-corrected chi connectivity index (χ3v) is 12.7. The van der Waals surface area contributed by atoms with E-state index < -0.39 is 16.0 Å². The van der Waals surface area contributed by atoms with Gasteiger partial charge in [-0.1, -0.05) is 96.6 Å². The molecule has 8 aromatic rings. The van der Waals surface area contributed by atoms with Crippen LogP contribution >= 0.6 is 0 Å². The summed E-state index contributed by atoms with van der Waals surface area (Å²) < 4.78 is 32.7. The minimum atomic E-state index is -3.68. The van der Waals surface area contributed by atoms with Crippen molar-refractivity contribution in [3.8, 4) is 45.0 Å². The third kappa shape index (κ3) is 7.46. The molecule has 298 valence electrons. The molecule has 6 aromatic carbocycles. The Hall–Kier alpha value is -6.36. The molecule has 0 spiro atoms. The molecule has 9 nitrogen and oxygen atoms in total. The van der Waals surface area contributed by atoms with Crippen LogP contribution in [-0.4, -0.2) is 45.6 Å².